The van der Waals surface area contributed by atoms with Crippen LogP contribution in [0.1, 0.15) is 34.7 Å². The van der Waals surface area contributed by atoms with Crippen LogP contribution in [0.5, 0.6) is 5.75 Å². The Balaban J connectivity index is 1.41. The molecule has 1 fully saturated rings. The van der Waals surface area contributed by atoms with Crippen molar-refractivity contribution in [1.29, 1.82) is 0 Å². The fourth-order valence-electron chi connectivity index (χ4n) is 3.71. The maximum atomic E-state index is 12.5. The first-order chi connectivity index (χ1) is 13.7. The van der Waals surface area contributed by atoms with Crippen molar-refractivity contribution in [3.63, 3.8) is 0 Å². The lowest BCUT2D eigenvalue weighted by atomic mass is 9.89. The maximum Gasteiger partial charge on any atom is 0.343 e. The van der Waals surface area contributed by atoms with Gasteiger partial charge in [0.05, 0.1) is 5.56 Å². The number of nitrogens with zero attached hydrogens (tertiary/aromatic N) is 2. The predicted octanol–water partition coefficient (Wildman–Crippen LogP) is 4.66. The van der Waals surface area contributed by atoms with Gasteiger partial charge in [-0.25, -0.2) is 4.79 Å². The smallest absolute Gasteiger partial charge is 0.343 e. The van der Waals surface area contributed by atoms with Gasteiger partial charge in [0.1, 0.15) is 12.1 Å². The second kappa shape index (κ2) is 8.13. The first-order valence-corrected chi connectivity index (χ1v) is 9.45. The van der Waals surface area contributed by atoms with E-state index < -0.39 is 0 Å². The molecule has 0 unspecified atom stereocenters. The molecular formula is C23H22N2O3. The van der Waals surface area contributed by atoms with E-state index in [1.54, 1.807) is 0 Å². The topological polar surface area (TPSA) is 62.1 Å². The second-order valence-electron chi connectivity index (χ2n) is 7.06. The van der Waals surface area contributed by atoms with Crippen LogP contribution in [0.3, 0.4) is 0 Å². The summed E-state index contributed by atoms with van der Waals surface area (Å²) >= 11 is 0. The zero-order valence-corrected chi connectivity index (χ0v) is 15.5. The molecule has 1 aliphatic rings. The highest BCUT2D eigenvalue weighted by Gasteiger charge is 2.19. The highest BCUT2D eigenvalue weighted by atomic mass is 16.5. The van der Waals surface area contributed by atoms with Gasteiger partial charge in [0.25, 0.3) is 0 Å². The minimum absolute atomic E-state index is 0.351. The van der Waals surface area contributed by atoms with Gasteiger partial charge in [-0.1, -0.05) is 47.6 Å². The molecule has 5 heteroatoms. The van der Waals surface area contributed by atoms with Crippen LogP contribution in [0, 0.1) is 0 Å². The lowest BCUT2D eigenvalue weighted by Gasteiger charge is -2.30. The van der Waals surface area contributed by atoms with Crippen LogP contribution >= 0.6 is 0 Å². The Bertz CT molecular complexity index is 990. The Morgan fingerprint density at radius 2 is 1.71 bits per heavy atom. The predicted molar refractivity (Wildman–Crippen MR) is 109 cm³/mol. The van der Waals surface area contributed by atoms with Gasteiger partial charge in [-0.3, -0.25) is 0 Å². The van der Waals surface area contributed by atoms with Crippen LogP contribution in [-0.2, 0) is 0 Å². The third-order valence-corrected chi connectivity index (χ3v) is 5.29. The molecule has 1 N–H and O–H groups in total. The number of hydrogen-bond donors (Lipinski definition) is 1. The minimum Gasteiger partial charge on any atom is -0.423 e. The van der Waals surface area contributed by atoms with Gasteiger partial charge in [0, 0.05) is 13.1 Å². The summed E-state index contributed by atoms with van der Waals surface area (Å²) in [5.41, 5.74) is 1.77. The Labute approximate surface area is 163 Å². The molecule has 0 aliphatic carbocycles. The molecule has 1 saturated heterocycles. The van der Waals surface area contributed by atoms with Gasteiger partial charge < -0.3 is 14.8 Å². The Morgan fingerprint density at radius 3 is 2.43 bits per heavy atom. The zero-order chi connectivity index (χ0) is 19.3. The second-order valence-corrected chi connectivity index (χ2v) is 7.06. The molecule has 0 amide bonds. The molecule has 5 nitrogen and oxygen atoms in total. The molecule has 3 aromatic rings. The van der Waals surface area contributed by atoms with Crippen LogP contribution in [0.4, 0.5) is 0 Å². The zero-order valence-electron chi connectivity index (χ0n) is 15.5. The van der Waals surface area contributed by atoms with E-state index in [1.165, 1.54) is 11.9 Å². The number of fused-ring (bicyclic) bond motifs is 1. The van der Waals surface area contributed by atoms with Crippen LogP contribution in [0.2, 0.25) is 0 Å². The van der Waals surface area contributed by atoms with Crippen molar-refractivity contribution < 1.29 is 14.7 Å². The summed E-state index contributed by atoms with van der Waals surface area (Å²) in [5.74, 6) is 0.649. The molecule has 0 aromatic heterocycles. The van der Waals surface area contributed by atoms with Crippen molar-refractivity contribution in [3.05, 3.63) is 77.9 Å². The average molecular weight is 374 g/mol. The molecule has 1 heterocycles. The summed E-state index contributed by atoms with van der Waals surface area (Å²) in [6.45, 7) is 1.72. The number of esters is 1. The Morgan fingerprint density at radius 1 is 1.00 bits per heavy atom. The maximum absolute atomic E-state index is 12.5. The summed E-state index contributed by atoms with van der Waals surface area (Å²) in [7, 11) is 0. The molecule has 0 atom stereocenters. The minimum atomic E-state index is -0.351. The standard InChI is InChI=1S/C23H22N2O3/c26-23(28-22-10-9-17-3-1-2-4-21(17)15-22)20-7-5-18(6-8-20)19-11-13-25(14-12-19)16-24-27/h1-10,15-16,19,27H,11-14H2. The highest BCUT2D eigenvalue weighted by molar-refractivity contribution is 5.92. The molecule has 4 rings (SSSR count). The fraction of sp³-hybridized carbons (Fsp3) is 0.217. The monoisotopic (exact) mass is 374 g/mol. The number of carbonyl (C=O) groups excluding carboxylic acids is 1. The number of carbonyl (C=O) groups is 1. The molecule has 0 spiro atoms. The van der Waals surface area contributed by atoms with Crippen molar-refractivity contribution in [1.82, 2.24) is 4.90 Å². The molecule has 0 saturated carbocycles. The third kappa shape index (κ3) is 3.98. The van der Waals surface area contributed by atoms with E-state index in [2.05, 4.69) is 5.16 Å². The molecule has 28 heavy (non-hydrogen) atoms. The largest absolute Gasteiger partial charge is 0.423 e. The molecule has 142 valence electrons. The number of hydrogen-bond acceptors (Lipinski definition) is 4. The van der Waals surface area contributed by atoms with E-state index in [1.807, 2.05) is 71.6 Å². The van der Waals surface area contributed by atoms with Gasteiger partial charge in [0.2, 0.25) is 0 Å². The van der Waals surface area contributed by atoms with E-state index in [-0.39, 0.29) is 5.97 Å². The van der Waals surface area contributed by atoms with Crippen molar-refractivity contribution in [3.8, 4) is 5.75 Å². The molecule has 1 aliphatic heterocycles. The highest BCUT2D eigenvalue weighted by Crippen LogP contribution is 2.28. The van der Waals surface area contributed by atoms with Crippen molar-refractivity contribution in [2.45, 2.75) is 18.8 Å². The Kier molecular flexibility index (Phi) is 5.24. The number of piperidine rings is 1. The van der Waals surface area contributed by atoms with E-state index in [9.17, 15) is 4.79 Å². The van der Waals surface area contributed by atoms with E-state index in [4.69, 9.17) is 9.94 Å². The molecular weight excluding hydrogens is 352 g/mol. The van der Waals surface area contributed by atoms with E-state index in [0.717, 1.165) is 36.7 Å². The van der Waals surface area contributed by atoms with Crippen molar-refractivity contribution in [2.75, 3.05) is 13.1 Å². The van der Waals surface area contributed by atoms with Crippen LogP contribution in [0.15, 0.2) is 71.9 Å². The van der Waals surface area contributed by atoms with Crippen LogP contribution in [0.25, 0.3) is 10.8 Å². The number of likely N-dealkylation sites (tertiary alicyclic amines) is 1. The lowest BCUT2D eigenvalue weighted by Crippen LogP contribution is -2.31. The van der Waals surface area contributed by atoms with Gasteiger partial charge in [-0.2, -0.15) is 0 Å². The van der Waals surface area contributed by atoms with Gasteiger partial charge in [-0.15, -0.1) is 0 Å². The third-order valence-electron chi connectivity index (χ3n) is 5.29. The number of ether oxygens (including phenoxy) is 1. The van der Waals surface area contributed by atoms with Crippen LogP contribution < -0.4 is 4.74 Å². The van der Waals surface area contributed by atoms with Gasteiger partial charge in [0.15, 0.2) is 0 Å². The SMILES string of the molecule is O=C(Oc1ccc2ccccc2c1)c1ccc(C2CCN(C=NO)CC2)cc1. The lowest BCUT2D eigenvalue weighted by molar-refractivity contribution is 0.0735. The molecule has 0 bridgehead atoms. The van der Waals surface area contributed by atoms with E-state index >= 15 is 0 Å². The fourth-order valence-corrected chi connectivity index (χ4v) is 3.71. The first kappa shape index (κ1) is 18.0. The summed E-state index contributed by atoms with van der Waals surface area (Å²) < 4.78 is 5.55. The Hall–Kier alpha value is -3.34. The number of oxime groups is 1. The van der Waals surface area contributed by atoms with Crippen molar-refractivity contribution >= 4 is 23.1 Å². The van der Waals surface area contributed by atoms with Gasteiger partial charge in [-0.05, 0) is 59.4 Å². The summed E-state index contributed by atoms with van der Waals surface area (Å²) in [6, 6.07) is 21.3. The summed E-state index contributed by atoms with van der Waals surface area (Å²) in [6.07, 6.45) is 3.46. The molecule has 3 aromatic carbocycles. The number of rotatable bonds is 4. The van der Waals surface area contributed by atoms with E-state index in [0.29, 0.717) is 17.2 Å². The van der Waals surface area contributed by atoms with Gasteiger partial charge >= 0.3 is 5.97 Å². The summed E-state index contributed by atoms with van der Waals surface area (Å²) in [5, 5.41) is 13.9. The normalized spacial score (nSPS) is 15.2. The quantitative estimate of drug-likeness (QED) is 0.180. The van der Waals surface area contributed by atoms with Crippen molar-refractivity contribution in [2.24, 2.45) is 5.16 Å². The first-order valence-electron chi connectivity index (χ1n) is 9.45. The summed E-state index contributed by atoms with van der Waals surface area (Å²) in [4.78, 5) is 14.5. The average Bonchev–Trinajstić information content (AvgIpc) is 2.74. The number of benzene rings is 3. The molecule has 0 radical (unpaired) electrons. The van der Waals surface area contributed by atoms with Crippen LogP contribution in [-0.4, -0.2) is 35.5 Å².